The first-order valence-corrected chi connectivity index (χ1v) is 9.58. The van der Waals surface area contributed by atoms with Crippen LogP contribution in [0.5, 0.6) is 0 Å². The third-order valence-corrected chi connectivity index (χ3v) is 5.60. The Morgan fingerprint density at radius 3 is 2.84 bits per heavy atom. The maximum absolute atomic E-state index is 13.1. The number of carbonyl (C=O) groups is 1. The molecule has 1 aliphatic rings. The molecule has 0 radical (unpaired) electrons. The molecule has 1 aliphatic heterocycles. The minimum absolute atomic E-state index is 0.00828. The van der Waals surface area contributed by atoms with Crippen LogP contribution in [0.3, 0.4) is 0 Å². The van der Waals surface area contributed by atoms with Gasteiger partial charge in [0.1, 0.15) is 4.88 Å². The average molecular weight is 415 g/mol. The molecule has 5 nitrogen and oxygen atoms in total. The van der Waals surface area contributed by atoms with E-state index in [1.807, 2.05) is 11.8 Å². The molecule has 2 aromatic heterocycles. The van der Waals surface area contributed by atoms with Gasteiger partial charge < -0.3 is 4.90 Å². The second kappa shape index (κ2) is 6.65. The molecule has 0 saturated heterocycles. The first-order chi connectivity index (χ1) is 12.1. The van der Waals surface area contributed by atoms with Crippen molar-refractivity contribution in [3.05, 3.63) is 57.3 Å². The number of hydrogen-bond acceptors (Lipinski definition) is 5. The molecule has 0 bridgehead atoms. The molecular weight excluding hydrogens is 400 g/mol. The normalized spacial score (nSPS) is 13.6. The van der Waals surface area contributed by atoms with Crippen molar-refractivity contribution in [3.63, 3.8) is 0 Å². The van der Waals surface area contributed by atoms with Gasteiger partial charge in [0.2, 0.25) is 0 Å². The van der Waals surface area contributed by atoms with Gasteiger partial charge >= 0.3 is 0 Å². The van der Waals surface area contributed by atoms with E-state index in [1.165, 1.54) is 16.9 Å². The highest BCUT2D eigenvalue weighted by molar-refractivity contribution is 9.10. The van der Waals surface area contributed by atoms with Gasteiger partial charge in [-0.15, -0.1) is 11.3 Å². The fourth-order valence-electron chi connectivity index (χ4n) is 3.14. The predicted molar refractivity (Wildman–Crippen MR) is 102 cm³/mol. The molecule has 0 atom stereocenters. The van der Waals surface area contributed by atoms with Gasteiger partial charge in [-0.25, -0.2) is 15.0 Å². The minimum atomic E-state index is -0.00828. The van der Waals surface area contributed by atoms with Crippen molar-refractivity contribution in [2.45, 2.75) is 19.8 Å². The molecular formula is C18H15BrN4OS. The summed E-state index contributed by atoms with van der Waals surface area (Å²) < 4.78 is 1.05. The van der Waals surface area contributed by atoms with Crippen molar-refractivity contribution in [1.82, 2.24) is 15.0 Å². The predicted octanol–water partition coefficient (Wildman–Crippen LogP) is 4.26. The van der Waals surface area contributed by atoms with Crippen LogP contribution in [0.15, 0.2) is 41.3 Å². The Kier molecular flexibility index (Phi) is 4.35. The lowest BCUT2D eigenvalue weighted by Gasteiger charge is -2.31. The van der Waals surface area contributed by atoms with Crippen LogP contribution in [0, 0.1) is 6.92 Å². The Hall–Kier alpha value is -2.12. The molecule has 0 spiro atoms. The van der Waals surface area contributed by atoms with Gasteiger partial charge in [-0.1, -0.05) is 15.9 Å². The summed E-state index contributed by atoms with van der Waals surface area (Å²) >= 11 is 4.88. The van der Waals surface area contributed by atoms with Crippen LogP contribution in [0.2, 0.25) is 0 Å². The zero-order chi connectivity index (χ0) is 17.4. The molecule has 4 rings (SSSR count). The van der Waals surface area contributed by atoms with E-state index < -0.39 is 0 Å². The van der Waals surface area contributed by atoms with Gasteiger partial charge in [0, 0.05) is 23.4 Å². The molecule has 3 heterocycles. The van der Waals surface area contributed by atoms with Crippen LogP contribution in [-0.2, 0) is 6.42 Å². The van der Waals surface area contributed by atoms with E-state index in [-0.39, 0.29) is 5.91 Å². The van der Waals surface area contributed by atoms with Crippen LogP contribution in [0.4, 0.5) is 5.69 Å². The number of aryl methyl sites for hydroxylation is 2. The molecule has 25 heavy (non-hydrogen) atoms. The Bertz CT molecular complexity index is 942. The summed E-state index contributed by atoms with van der Waals surface area (Å²) in [6.45, 7) is 2.77. The Morgan fingerprint density at radius 1 is 1.24 bits per heavy atom. The van der Waals surface area contributed by atoms with Gasteiger partial charge in [-0.2, -0.15) is 0 Å². The highest BCUT2D eigenvalue weighted by Crippen LogP contribution is 2.35. The SMILES string of the molecule is Cc1cc(Br)cc2c1N(C(=O)c1cnc(-c3ncccn3)s1)CCC2. The molecule has 126 valence electrons. The molecule has 7 heteroatoms. The van der Waals surface area contributed by atoms with Crippen LogP contribution in [0.1, 0.15) is 27.2 Å². The summed E-state index contributed by atoms with van der Waals surface area (Å²) in [5.41, 5.74) is 3.35. The number of carbonyl (C=O) groups excluding carboxylic acids is 1. The summed E-state index contributed by atoms with van der Waals surface area (Å²) in [7, 11) is 0. The summed E-state index contributed by atoms with van der Waals surface area (Å²) in [6.07, 6.45) is 6.93. The van der Waals surface area contributed by atoms with Gasteiger partial charge in [0.15, 0.2) is 10.8 Å². The quantitative estimate of drug-likeness (QED) is 0.628. The zero-order valence-corrected chi connectivity index (χ0v) is 16.0. The molecule has 1 amide bonds. The summed E-state index contributed by atoms with van der Waals surface area (Å²) in [5, 5.41) is 0.661. The topological polar surface area (TPSA) is 59.0 Å². The van der Waals surface area contributed by atoms with Crippen LogP contribution in [0.25, 0.3) is 10.8 Å². The lowest BCUT2D eigenvalue weighted by molar-refractivity contribution is 0.0988. The molecule has 1 aromatic carbocycles. The van der Waals surface area contributed by atoms with Crippen molar-refractivity contribution in [3.8, 4) is 10.8 Å². The van der Waals surface area contributed by atoms with Crippen LogP contribution >= 0.6 is 27.3 Å². The first kappa shape index (κ1) is 16.4. The number of halogens is 1. The number of fused-ring (bicyclic) bond motifs is 1. The number of nitrogens with zero attached hydrogens (tertiary/aromatic N) is 4. The summed E-state index contributed by atoms with van der Waals surface area (Å²) in [5.74, 6) is 0.539. The number of aromatic nitrogens is 3. The zero-order valence-electron chi connectivity index (χ0n) is 13.6. The molecule has 0 saturated carbocycles. The van der Waals surface area contributed by atoms with Gasteiger partial charge in [-0.05, 0) is 49.1 Å². The molecule has 0 N–H and O–H groups in total. The highest BCUT2D eigenvalue weighted by Gasteiger charge is 2.27. The van der Waals surface area contributed by atoms with Gasteiger partial charge in [-0.3, -0.25) is 4.79 Å². The number of hydrogen-bond donors (Lipinski definition) is 0. The maximum atomic E-state index is 13.1. The van der Waals surface area contributed by atoms with Crippen molar-refractivity contribution >= 4 is 38.9 Å². The Balaban J connectivity index is 1.69. The van der Waals surface area contributed by atoms with Crippen molar-refractivity contribution < 1.29 is 4.79 Å². The molecule has 0 fully saturated rings. The van der Waals surface area contributed by atoms with E-state index in [9.17, 15) is 4.79 Å². The Labute approximate surface area is 157 Å². The van der Waals surface area contributed by atoms with E-state index in [0.717, 1.165) is 35.1 Å². The van der Waals surface area contributed by atoms with E-state index in [1.54, 1.807) is 24.7 Å². The third-order valence-electron chi connectivity index (χ3n) is 4.16. The van der Waals surface area contributed by atoms with Crippen LogP contribution < -0.4 is 4.90 Å². The molecule has 0 aliphatic carbocycles. The highest BCUT2D eigenvalue weighted by atomic mass is 79.9. The van der Waals surface area contributed by atoms with Gasteiger partial charge in [0.05, 0.1) is 11.9 Å². The maximum Gasteiger partial charge on any atom is 0.270 e. The average Bonchev–Trinajstić information content (AvgIpc) is 3.11. The van der Waals surface area contributed by atoms with E-state index >= 15 is 0 Å². The third kappa shape index (κ3) is 3.09. The Morgan fingerprint density at radius 2 is 2.04 bits per heavy atom. The van der Waals surface area contributed by atoms with E-state index in [4.69, 9.17) is 0 Å². The van der Waals surface area contributed by atoms with E-state index in [0.29, 0.717) is 15.7 Å². The summed E-state index contributed by atoms with van der Waals surface area (Å²) in [6, 6.07) is 5.92. The van der Waals surface area contributed by atoms with Crippen molar-refractivity contribution in [1.29, 1.82) is 0 Å². The van der Waals surface area contributed by atoms with E-state index in [2.05, 4.69) is 43.0 Å². The smallest absolute Gasteiger partial charge is 0.270 e. The first-order valence-electron chi connectivity index (χ1n) is 7.97. The minimum Gasteiger partial charge on any atom is -0.307 e. The lowest BCUT2D eigenvalue weighted by atomic mass is 9.98. The second-order valence-electron chi connectivity index (χ2n) is 5.89. The molecule has 0 unspecified atom stereocenters. The molecule has 3 aromatic rings. The van der Waals surface area contributed by atoms with Crippen LogP contribution in [-0.4, -0.2) is 27.4 Å². The second-order valence-corrected chi connectivity index (χ2v) is 7.84. The number of anilines is 1. The van der Waals surface area contributed by atoms with Gasteiger partial charge in [0.25, 0.3) is 5.91 Å². The lowest BCUT2D eigenvalue weighted by Crippen LogP contribution is -2.35. The number of amides is 1. The summed E-state index contributed by atoms with van der Waals surface area (Å²) in [4.78, 5) is 28.3. The monoisotopic (exact) mass is 414 g/mol. The standard InChI is InChI=1S/C18H15BrN4OS/c1-11-8-13(19)9-12-4-2-7-23(15(11)12)18(24)14-10-22-17(25-14)16-20-5-3-6-21-16/h3,5-6,8-10H,2,4,7H2,1H3. The fourth-order valence-corrected chi connectivity index (χ4v) is 4.58. The van der Waals surface area contributed by atoms with Crippen molar-refractivity contribution in [2.75, 3.05) is 11.4 Å². The number of rotatable bonds is 2. The number of thiazole rings is 1. The number of benzene rings is 1. The fraction of sp³-hybridized carbons (Fsp3) is 0.222. The van der Waals surface area contributed by atoms with Crippen molar-refractivity contribution in [2.24, 2.45) is 0 Å². The largest absolute Gasteiger partial charge is 0.307 e.